The van der Waals surface area contributed by atoms with Gasteiger partial charge in [-0.3, -0.25) is 4.79 Å². The molecule has 1 rings (SSSR count). The lowest BCUT2D eigenvalue weighted by Gasteiger charge is -2.29. The molecule has 1 aromatic rings. The Morgan fingerprint density at radius 2 is 1.65 bits per heavy atom. The molecule has 1 nitrogen and oxygen atoms in total. The van der Waals surface area contributed by atoms with Gasteiger partial charge >= 0.3 is 0 Å². The van der Waals surface area contributed by atoms with E-state index in [1.165, 1.54) is 0 Å². The zero-order valence-electron chi connectivity index (χ0n) is 11.3. The minimum atomic E-state index is -0.349. The molecule has 0 aliphatic carbocycles. The maximum atomic E-state index is 12.5. The van der Waals surface area contributed by atoms with Gasteiger partial charge < -0.3 is 0 Å². The van der Waals surface area contributed by atoms with Crippen LogP contribution < -0.4 is 0 Å². The van der Waals surface area contributed by atoms with Crippen LogP contribution in [0.1, 0.15) is 46.1 Å². The molecule has 17 heavy (non-hydrogen) atoms. The number of hydrogen-bond donors (Lipinski definition) is 0. The van der Waals surface area contributed by atoms with Crippen LogP contribution in [0.4, 0.5) is 0 Å². The third kappa shape index (κ3) is 2.85. The van der Waals surface area contributed by atoms with Gasteiger partial charge in [0.1, 0.15) is 0 Å². The molecule has 0 aromatic heterocycles. The average molecular weight is 230 g/mol. The van der Waals surface area contributed by atoms with E-state index in [4.69, 9.17) is 0 Å². The predicted octanol–water partition coefficient (Wildman–Crippen LogP) is 4.28. The summed E-state index contributed by atoms with van der Waals surface area (Å²) >= 11 is 0. The molecular formula is C16H22O. The topological polar surface area (TPSA) is 17.1 Å². The van der Waals surface area contributed by atoms with E-state index in [9.17, 15) is 4.79 Å². The molecule has 0 atom stereocenters. The van der Waals surface area contributed by atoms with Crippen molar-refractivity contribution in [2.24, 2.45) is 0 Å². The van der Waals surface area contributed by atoms with Crippen molar-refractivity contribution < 1.29 is 4.79 Å². The lowest BCUT2D eigenvalue weighted by Crippen LogP contribution is -2.33. The molecule has 0 aliphatic rings. The Morgan fingerprint density at radius 1 is 1.12 bits per heavy atom. The summed E-state index contributed by atoms with van der Waals surface area (Å²) in [6.45, 7) is 8.12. The van der Waals surface area contributed by atoms with E-state index in [1.807, 2.05) is 32.0 Å². The molecule has 0 bridgehead atoms. The van der Waals surface area contributed by atoms with Crippen LogP contribution in [0.5, 0.6) is 0 Å². The van der Waals surface area contributed by atoms with E-state index in [0.29, 0.717) is 0 Å². The number of hydrogen-bond acceptors (Lipinski definition) is 1. The zero-order chi connectivity index (χ0) is 12.9. The highest BCUT2D eigenvalue weighted by Crippen LogP contribution is 2.33. The third-order valence-electron chi connectivity index (χ3n) is 3.42. The SMILES string of the molecule is CCC(CC)(C(=O)C=C(C)C)c1ccccc1. The highest BCUT2D eigenvalue weighted by molar-refractivity contribution is 5.99. The normalized spacial score (nSPS) is 11.1. The molecule has 0 fully saturated rings. The van der Waals surface area contributed by atoms with Crippen LogP contribution >= 0.6 is 0 Å². The van der Waals surface area contributed by atoms with Crippen LogP contribution in [0, 0.1) is 0 Å². The Balaban J connectivity index is 3.23. The molecule has 0 aliphatic heterocycles. The summed E-state index contributed by atoms with van der Waals surface area (Å²) in [6, 6.07) is 10.1. The van der Waals surface area contributed by atoms with Crippen molar-refractivity contribution in [3.63, 3.8) is 0 Å². The van der Waals surface area contributed by atoms with Crippen molar-refractivity contribution in [1.29, 1.82) is 0 Å². The second kappa shape index (κ2) is 5.81. The fourth-order valence-electron chi connectivity index (χ4n) is 2.31. The monoisotopic (exact) mass is 230 g/mol. The smallest absolute Gasteiger partial charge is 0.166 e. The van der Waals surface area contributed by atoms with Crippen LogP contribution in [-0.2, 0) is 10.2 Å². The summed E-state index contributed by atoms with van der Waals surface area (Å²) in [5.41, 5.74) is 1.85. The van der Waals surface area contributed by atoms with Crippen LogP contribution in [0.25, 0.3) is 0 Å². The van der Waals surface area contributed by atoms with Gasteiger partial charge in [0.25, 0.3) is 0 Å². The Labute approximate surface area is 105 Å². The fourth-order valence-corrected chi connectivity index (χ4v) is 2.31. The van der Waals surface area contributed by atoms with Crippen molar-refractivity contribution in [3.8, 4) is 0 Å². The van der Waals surface area contributed by atoms with Gasteiger partial charge in [-0.2, -0.15) is 0 Å². The first kappa shape index (κ1) is 13.7. The van der Waals surface area contributed by atoms with Gasteiger partial charge in [0.2, 0.25) is 0 Å². The van der Waals surface area contributed by atoms with Crippen molar-refractivity contribution in [1.82, 2.24) is 0 Å². The zero-order valence-corrected chi connectivity index (χ0v) is 11.3. The summed E-state index contributed by atoms with van der Waals surface area (Å²) in [4.78, 5) is 12.5. The second-order valence-corrected chi connectivity index (χ2v) is 4.74. The van der Waals surface area contributed by atoms with E-state index in [-0.39, 0.29) is 11.2 Å². The maximum absolute atomic E-state index is 12.5. The molecule has 0 heterocycles. The van der Waals surface area contributed by atoms with E-state index in [2.05, 4.69) is 26.0 Å². The summed E-state index contributed by atoms with van der Waals surface area (Å²) in [5.74, 6) is 0.230. The molecule has 0 saturated carbocycles. The van der Waals surface area contributed by atoms with E-state index in [0.717, 1.165) is 24.0 Å². The van der Waals surface area contributed by atoms with Gasteiger partial charge in [-0.05, 0) is 38.3 Å². The van der Waals surface area contributed by atoms with Gasteiger partial charge in [-0.1, -0.05) is 49.8 Å². The first-order chi connectivity index (χ1) is 8.06. The van der Waals surface area contributed by atoms with Crippen LogP contribution in [-0.4, -0.2) is 5.78 Å². The average Bonchev–Trinajstić information content (AvgIpc) is 2.32. The Hall–Kier alpha value is -1.37. The van der Waals surface area contributed by atoms with Crippen LogP contribution in [0.15, 0.2) is 42.0 Å². The molecule has 0 spiro atoms. The van der Waals surface area contributed by atoms with Gasteiger partial charge in [0, 0.05) is 0 Å². The second-order valence-electron chi connectivity index (χ2n) is 4.74. The molecule has 0 amide bonds. The summed E-state index contributed by atoms with van der Waals surface area (Å²) in [7, 11) is 0. The number of carbonyl (C=O) groups is 1. The van der Waals surface area contributed by atoms with Gasteiger partial charge in [-0.25, -0.2) is 0 Å². The largest absolute Gasteiger partial charge is 0.294 e. The molecule has 0 N–H and O–H groups in total. The third-order valence-corrected chi connectivity index (χ3v) is 3.42. The number of carbonyl (C=O) groups excluding carboxylic acids is 1. The first-order valence-electron chi connectivity index (χ1n) is 6.31. The van der Waals surface area contributed by atoms with E-state index < -0.39 is 0 Å². The maximum Gasteiger partial charge on any atom is 0.166 e. The minimum absolute atomic E-state index is 0.230. The molecule has 0 radical (unpaired) electrons. The molecule has 92 valence electrons. The molecular weight excluding hydrogens is 208 g/mol. The minimum Gasteiger partial charge on any atom is -0.294 e. The molecule has 1 aromatic carbocycles. The van der Waals surface area contributed by atoms with Gasteiger partial charge in [0.05, 0.1) is 5.41 Å². The molecule has 0 saturated heterocycles. The molecule has 0 unspecified atom stereocenters. The Bertz CT molecular complexity index is 393. The fraction of sp³-hybridized carbons (Fsp3) is 0.438. The van der Waals surface area contributed by atoms with E-state index in [1.54, 1.807) is 6.08 Å². The lowest BCUT2D eigenvalue weighted by molar-refractivity contribution is -0.120. The number of ketones is 1. The van der Waals surface area contributed by atoms with Crippen molar-refractivity contribution in [2.45, 2.75) is 46.0 Å². The summed E-state index contributed by atoms with van der Waals surface area (Å²) in [5, 5.41) is 0. The number of allylic oxidation sites excluding steroid dienone is 2. The van der Waals surface area contributed by atoms with Gasteiger partial charge in [0.15, 0.2) is 5.78 Å². The number of benzene rings is 1. The highest BCUT2D eigenvalue weighted by atomic mass is 16.1. The van der Waals surface area contributed by atoms with E-state index >= 15 is 0 Å². The van der Waals surface area contributed by atoms with Crippen LogP contribution in [0.3, 0.4) is 0 Å². The summed E-state index contributed by atoms with van der Waals surface area (Å²) < 4.78 is 0. The summed E-state index contributed by atoms with van der Waals surface area (Å²) in [6.07, 6.45) is 3.46. The first-order valence-corrected chi connectivity index (χ1v) is 6.31. The quantitative estimate of drug-likeness (QED) is 0.690. The van der Waals surface area contributed by atoms with Gasteiger partial charge in [-0.15, -0.1) is 0 Å². The predicted molar refractivity (Wildman–Crippen MR) is 73.1 cm³/mol. The number of rotatable bonds is 5. The highest BCUT2D eigenvalue weighted by Gasteiger charge is 2.34. The Morgan fingerprint density at radius 3 is 2.06 bits per heavy atom. The van der Waals surface area contributed by atoms with Crippen molar-refractivity contribution >= 4 is 5.78 Å². The Kier molecular flexibility index (Phi) is 4.68. The van der Waals surface area contributed by atoms with Crippen molar-refractivity contribution in [3.05, 3.63) is 47.5 Å². The molecule has 1 heteroatoms. The lowest BCUT2D eigenvalue weighted by atomic mass is 9.72. The van der Waals surface area contributed by atoms with Crippen LogP contribution in [0.2, 0.25) is 0 Å². The van der Waals surface area contributed by atoms with Crippen molar-refractivity contribution in [2.75, 3.05) is 0 Å². The standard InChI is InChI=1S/C16H22O/c1-5-16(6-2,15(17)12-13(3)4)14-10-8-7-9-11-14/h7-12H,5-6H2,1-4H3.